The molecule has 1 N–H and O–H groups in total. The molecule has 1 heterocycles. The van der Waals surface area contributed by atoms with Crippen LogP contribution in [0.5, 0.6) is 0 Å². The molecule has 0 bridgehead atoms. The van der Waals surface area contributed by atoms with Crippen LogP contribution in [0, 0.1) is 5.92 Å². The van der Waals surface area contributed by atoms with Crippen molar-refractivity contribution in [1.82, 2.24) is 14.8 Å². The first kappa shape index (κ1) is 19.1. The molecule has 0 amide bonds. The number of rotatable bonds is 7. The zero-order chi connectivity index (χ0) is 18.0. The monoisotopic (exact) mass is 393 g/mol. The van der Waals surface area contributed by atoms with Crippen molar-refractivity contribution in [2.24, 2.45) is 5.92 Å². The second-order valence-corrected chi connectivity index (χ2v) is 8.02. The summed E-state index contributed by atoms with van der Waals surface area (Å²) in [4.78, 5) is 3.84. The zero-order valence-corrected chi connectivity index (χ0v) is 15.4. The highest BCUT2D eigenvalue weighted by molar-refractivity contribution is 7.85. The Bertz CT molecular complexity index is 798. The minimum Gasteiger partial charge on any atom is -0.383 e. The van der Waals surface area contributed by atoms with Crippen molar-refractivity contribution in [3.05, 3.63) is 46.5 Å². The Morgan fingerprint density at radius 3 is 2.67 bits per heavy atom. The minimum absolute atomic E-state index is 0.0165. The molecule has 0 fully saturated rings. The molecule has 132 valence electrons. The van der Waals surface area contributed by atoms with E-state index < -0.39 is 21.6 Å². The van der Waals surface area contributed by atoms with E-state index in [9.17, 15) is 13.5 Å². The number of aromatic nitrogens is 3. The summed E-state index contributed by atoms with van der Waals surface area (Å²) >= 11 is 12.2. The van der Waals surface area contributed by atoms with Crippen LogP contribution >= 0.6 is 23.2 Å². The molecular formula is C14H17Cl2N3O4S. The third-order valence-electron chi connectivity index (χ3n) is 3.61. The van der Waals surface area contributed by atoms with Crippen LogP contribution in [-0.2, 0) is 26.4 Å². The van der Waals surface area contributed by atoms with E-state index >= 15 is 0 Å². The Labute approximate surface area is 150 Å². The molecule has 0 aliphatic heterocycles. The van der Waals surface area contributed by atoms with Gasteiger partial charge in [-0.1, -0.05) is 36.2 Å². The number of aliphatic hydroxyl groups is 1. The fourth-order valence-electron chi connectivity index (χ4n) is 2.27. The quantitative estimate of drug-likeness (QED) is 0.723. The highest BCUT2D eigenvalue weighted by Crippen LogP contribution is 2.37. The van der Waals surface area contributed by atoms with E-state index in [4.69, 9.17) is 27.4 Å². The van der Waals surface area contributed by atoms with Gasteiger partial charge in [-0.05, 0) is 12.1 Å². The SMILES string of the molecule is C[C@@H](COS(C)(=O)=O)C(O)(Cn1cncn1)c1ccc(Cl)cc1Cl. The van der Waals surface area contributed by atoms with Crippen molar-refractivity contribution in [2.45, 2.75) is 19.1 Å². The molecular weight excluding hydrogens is 377 g/mol. The molecule has 7 nitrogen and oxygen atoms in total. The van der Waals surface area contributed by atoms with E-state index in [0.29, 0.717) is 10.6 Å². The maximum absolute atomic E-state index is 11.3. The molecule has 1 aromatic heterocycles. The van der Waals surface area contributed by atoms with E-state index in [1.165, 1.54) is 23.4 Å². The van der Waals surface area contributed by atoms with Crippen LogP contribution in [0.4, 0.5) is 0 Å². The molecule has 0 spiro atoms. The zero-order valence-electron chi connectivity index (χ0n) is 13.1. The van der Waals surface area contributed by atoms with Gasteiger partial charge in [0.15, 0.2) is 0 Å². The van der Waals surface area contributed by atoms with Gasteiger partial charge in [-0.2, -0.15) is 13.5 Å². The topological polar surface area (TPSA) is 94.3 Å². The average molecular weight is 394 g/mol. The van der Waals surface area contributed by atoms with Gasteiger partial charge in [-0.3, -0.25) is 4.18 Å². The van der Waals surface area contributed by atoms with Crippen LogP contribution < -0.4 is 0 Å². The summed E-state index contributed by atoms with van der Waals surface area (Å²) in [6.45, 7) is 1.46. The van der Waals surface area contributed by atoms with Crippen LogP contribution in [0.25, 0.3) is 0 Å². The Balaban J connectivity index is 2.40. The van der Waals surface area contributed by atoms with Crippen LogP contribution in [0.1, 0.15) is 12.5 Å². The maximum Gasteiger partial charge on any atom is 0.264 e. The van der Waals surface area contributed by atoms with Gasteiger partial charge in [0.1, 0.15) is 18.3 Å². The van der Waals surface area contributed by atoms with Crippen molar-refractivity contribution in [1.29, 1.82) is 0 Å². The van der Waals surface area contributed by atoms with Crippen molar-refractivity contribution in [2.75, 3.05) is 12.9 Å². The van der Waals surface area contributed by atoms with Crippen LogP contribution in [-0.4, -0.2) is 41.2 Å². The van der Waals surface area contributed by atoms with Crippen molar-refractivity contribution < 1.29 is 17.7 Å². The molecule has 2 atom stereocenters. The fraction of sp³-hybridized carbons (Fsp3) is 0.429. The van der Waals surface area contributed by atoms with E-state index in [0.717, 1.165) is 6.26 Å². The van der Waals surface area contributed by atoms with Crippen LogP contribution in [0.15, 0.2) is 30.9 Å². The smallest absolute Gasteiger partial charge is 0.264 e. The minimum atomic E-state index is -3.64. The molecule has 1 unspecified atom stereocenters. The molecule has 1 aromatic carbocycles. The van der Waals surface area contributed by atoms with Crippen molar-refractivity contribution >= 4 is 33.3 Å². The third kappa shape index (κ3) is 4.67. The number of halogens is 2. The fourth-order valence-corrected chi connectivity index (χ4v) is 3.30. The molecule has 0 saturated heterocycles. The second kappa shape index (κ2) is 7.37. The lowest BCUT2D eigenvalue weighted by molar-refractivity contribution is -0.0495. The first-order valence-electron chi connectivity index (χ1n) is 6.96. The summed E-state index contributed by atoms with van der Waals surface area (Å²) in [5.74, 6) is -0.616. The predicted octanol–water partition coefficient (Wildman–Crippen LogP) is 2.08. The standard InChI is InChI=1S/C14H17Cl2N3O4S/c1-10(6-23-24(2,21)22)14(20,7-19-9-17-8-18-19)12-4-3-11(15)5-13(12)16/h3-5,8-10,20H,6-7H2,1-2H3/t10-,14?/m0/s1. The Morgan fingerprint density at radius 1 is 1.42 bits per heavy atom. The Kier molecular flexibility index (Phi) is 5.87. The van der Waals surface area contributed by atoms with Crippen molar-refractivity contribution in [3.63, 3.8) is 0 Å². The number of nitrogens with zero attached hydrogens (tertiary/aromatic N) is 3. The third-order valence-corrected chi connectivity index (χ3v) is 4.73. The normalized spacial score (nSPS) is 15.9. The van der Waals surface area contributed by atoms with E-state index in [1.54, 1.807) is 19.1 Å². The Hall–Kier alpha value is -1.19. The molecule has 10 heteroatoms. The lowest BCUT2D eigenvalue weighted by Gasteiger charge is -2.34. The molecule has 2 rings (SSSR count). The summed E-state index contributed by atoms with van der Waals surface area (Å²) < 4.78 is 28.8. The van der Waals surface area contributed by atoms with Gasteiger partial charge in [0.2, 0.25) is 0 Å². The summed E-state index contributed by atoms with van der Waals surface area (Å²) in [6, 6.07) is 4.70. The van der Waals surface area contributed by atoms with E-state index in [2.05, 4.69) is 10.1 Å². The lowest BCUT2D eigenvalue weighted by atomic mass is 9.82. The molecule has 0 radical (unpaired) electrons. The van der Waals surface area contributed by atoms with Crippen molar-refractivity contribution in [3.8, 4) is 0 Å². The first-order chi connectivity index (χ1) is 11.1. The highest BCUT2D eigenvalue weighted by Gasteiger charge is 2.39. The Morgan fingerprint density at radius 2 is 2.12 bits per heavy atom. The second-order valence-electron chi connectivity index (χ2n) is 5.53. The first-order valence-corrected chi connectivity index (χ1v) is 9.54. The number of benzene rings is 1. The predicted molar refractivity (Wildman–Crippen MR) is 90.3 cm³/mol. The maximum atomic E-state index is 11.3. The largest absolute Gasteiger partial charge is 0.383 e. The average Bonchev–Trinajstić information content (AvgIpc) is 2.96. The highest BCUT2D eigenvalue weighted by atomic mass is 35.5. The molecule has 2 aromatic rings. The molecule has 0 aliphatic rings. The van der Waals surface area contributed by atoms with Gasteiger partial charge < -0.3 is 5.11 Å². The molecule has 0 aliphatic carbocycles. The summed E-state index contributed by atoms with van der Waals surface area (Å²) in [6.07, 6.45) is 3.73. The number of hydrogen-bond acceptors (Lipinski definition) is 6. The summed E-state index contributed by atoms with van der Waals surface area (Å²) in [7, 11) is -3.64. The van der Waals surface area contributed by atoms with Gasteiger partial charge in [0, 0.05) is 21.5 Å². The van der Waals surface area contributed by atoms with Gasteiger partial charge in [0.25, 0.3) is 10.1 Å². The van der Waals surface area contributed by atoms with Gasteiger partial charge in [-0.15, -0.1) is 0 Å². The van der Waals surface area contributed by atoms with Gasteiger partial charge in [-0.25, -0.2) is 9.67 Å². The molecule has 0 saturated carbocycles. The van der Waals surface area contributed by atoms with Gasteiger partial charge >= 0.3 is 0 Å². The van der Waals surface area contributed by atoms with Gasteiger partial charge in [0.05, 0.1) is 19.4 Å². The lowest BCUT2D eigenvalue weighted by Crippen LogP contribution is -2.41. The van der Waals surface area contributed by atoms with E-state index in [-0.39, 0.29) is 18.2 Å². The van der Waals surface area contributed by atoms with Crippen LogP contribution in [0.3, 0.4) is 0 Å². The van der Waals surface area contributed by atoms with E-state index in [1.807, 2.05) is 0 Å². The molecule has 24 heavy (non-hydrogen) atoms. The summed E-state index contributed by atoms with van der Waals surface area (Å²) in [5, 5.41) is 16.0. The van der Waals surface area contributed by atoms with Crippen LogP contribution in [0.2, 0.25) is 10.0 Å². The summed E-state index contributed by atoms with van der Waals surface area (Å²) in [5.41, 5.74) is -1.14. The number of hydrogen-bond donors (Lipinski definition) is 1.